The molecule has 2 N–H and O–H groups in total. The topological polar surface area (TPSA) is 50.7 Å². The second-order valence-electron chi connectivity index (χ2n) is 4.39. The number of aliphatic hydroxyl groups excluding tert-OH is 1. The van der Waals surface area contributed by atoms with Crippen LogP contribution in [0.4, 0.5) is 0 Å². The Morgan fingerprint density at radius 3 is 2.37 bits per heavy atom. The van der Waals surface area contributed by atoms with Gasteiger partial charge in [-0.2, -0.15) is 0 Å². The zero-order valence-corrected chi connectivity index (χ0v) is 11.9. The fourth-order valence-corrected chi connectivity index (χ4v) is 2.03. The molecule has 0 aliphatic heterocycles. The standard InChI is InChI=1S/C15H25NO3/c1-3-16-15(12-17,13-19-11-10-18-4-2)14-8-6-5-7-9-14/h5-9,16-17H,3-4,10-13H2,1-2H3. The molecule has 108 valence electrons. The van der Waals surface area contributed by atoms with E-state index < -0.39 is 5.54 Å². The molecule has 0 aliphatic rings. The van der Waals surface area contributed by atoms with Gasteiger partial charge in [-0.25, -0.2) is 0 Å². The quantitative estimate of drug-likeness (QED) is 0.631. The summed E-state index contributed by atoms with van der Waals surface area (Å²) in [5.74, 6) is 0. The largest absolute Gasteiger partial charge is 0.394 e. The van der Waals surface area contributed by atoms with E-state index in [2.05, 4.69) is 5.32 Å². The van der Waals surface area contributed by atoms with Crippen molar-refractivity contribution in [2.75, 3.05) is 39.6 Å². The monoisotopic (exact) mass is 267 g/mol. The van der Waals surface area contributed by atoms with Crippen LogP contribution in [0.2, 0.25) is 0 Å². The lowest BCUT2D eigenvalue weighted by Gasteiger charge is -2.33. The van der Waals surface area contributed by atoms with Crippen molar-refractivity contribution in [3.05, 3.63) is 35.9 Å². The summed E-state index contributed by atoms with van der Waals surface area (Å²) in [6.45, 7) is 6.99. The van der Waals surface area contributed by atoms with Gasteiger partial charge in [0.1, 0.15) is 0 Å². The lowest BCUT2D eigenvalue weighted by Crippen LogP contribution is -2.49. The molecule has 4 heteroatoms. The van der Waals surface area contributed by atoms with Crippen LogP contribution < -0.4 is 5.32 Å². The Morgan fingerprint density at radius 1 is 1.11 bits per heavy atom. The van der Waals surface area contributed by atoms with Gasteiger partial charge in [-0.1, -0.05) is 37.3 Å². The van der Waals surface area contributed by atoms with Gasteiger partial charge in [0.25, 0.3) is 0 Å². The van der Waals surface area contributed by atoms with Crippen molar-refractivity contribution in [1.82, 2.24) is 5.32 Å². The average molecular weight is 267 g/mol. The van der Waals surface area contributed by atoms with Crippen LogP contribution in [0, 0.1) is 0 Å². The van der Waals surface area contributed by atoms with Gasteiger partial charge in [-0.15, -0.1) is 0 Å². The van der Waals surface area contributed by atoms with Crippen LogP contribution in [0.25, 0.3) is 0 Å². The second-order valence-corrected chi connectivity index (χ2v) is 4.39. The lowest BCUT2D eigenvalue weighted by atomic mass is 9.91. The van der Waals surface area contributed by atoms with Crippen molar-refractivity contribution < 1.29 is 14.6 Å². The Hall–Kier alpha value is -0.940. The fraction of sp³-hybridized carbons (Fsp3) is 0.600. The summed E-state index contributed by atoms with van der Waals surface area (Å²) in [7, 11) is 0. The number of aliphatic hydroxyl groups is 1. The average Bonchev–Trinajstić information content (AvgIpc) is 2.47. The van der Waals surface area contributed by atoms with Crippen LogP contribution in [0.3, 0.4) is 0 Å². The molecule has 1 aromatic carbocycles. The van der Waals surface area contributed by atoms with Crippen LogP contribution in [0.5, 0.6) is 0 Å². The third-order valence-corrected chi connectivity index (χ3v) is 3.04. The molecule has 19 heavy (non-hydrogen) atoms. The highest BCUT2D eigenvalue weighted by molar-refractivity contribution is 5.25. The van der Waals surface area contributed by atoms with E-state index in [-0.39, 0.29) is 6.61 Å². The molecule has 4 nitrogen and oxygen atoms in total. The molecule has 0 saturated heterocycles. The minimum Gasteiger partial charge on any atom is -0.394 e. The molecule has 0 bridgehead atoms. The van der Waals surface area contributed by atoms with E-state index in [0.29, 0.717) is 26.4 Å². The van der Waals surface area contributed by atoms with Crippen LogP contribution in [0.15, 0.2) is 30.3 Å². The molecule has 1 atom stereocenters. The van der Waals surface area contributed by atoms with Crippen molar-refractivity contribution >= 4 is 0 Å². The van der Waals surface area contributed by atoms with E-state index >= 15 is 0 Å². The SMILES string of the molecule is CCNC(CO)(COCCOCC)c1ccccc1. The number of nitrogens with one attached hydrogen (secondary N) is 1. The molecule has 0 fully saturated rings. The molecule has 0 radical (unpaired) electrons. The van der Waals surface area contributed by atoms with Gasteiger partial charge in [0.05, 0.1) is 32.0 Å². The molecule has 0 aromatic heterocycles. The van der Waals surface area contributed by atoms with Crippen molar-refractivity contribution in [2.45, 2.75) is 19.4 Å². The third-order valence-electron chi connectivity index (χ3n) is 3.04. The highest BCUT2D eigenvalue weighted by Gasteiger charge is 2.30. The van der Waals surface area contributed by atoms with Crippen LogP contribution in [0.1, 0.15) is 19.4 Å². The molecule has 0 spiro atoms. The van der Waals surface area contributed by atoms with Crippen LogP contribution in [-0.4, -0.2) is 44.7 Å². The van der Waals surface area contributed by atoms with Gasteiger partial charge in [-0.05, 0) is 19.0 Å². The van der Waals surface area contributed by atoms with Crippen LogP contribution in [-0.2, 0) is 15.0 Å². The summed E-state index contributed by atoms with van der Waals surface area (Å²) in [4.78, 5) is 0. The Balaban J connectivity index is 2.65. The number of rotatable bonds is 10. The van der Waals surface area contributed by atoms with Gasteiger partial charge < -0.3 is 19.9 Å². The first kappa shape index (κ1) is 16.1. The number of hydrogen-bond donors (Lipinski definition) is 2. The summed E-state index contributed by atoms with van der Waals surface area (Å²) < 4.78 is 10.9. The predicted octanol–water partition coefficient (Wildman–Crippen LogP) is 1.54. The van der Waals surface area contributed by atoms with E-state index in [1.54, 1.807) is 0 Å². The molecule has 1 unspecified atom stereocenters. The van der Waals surface area contributed by atoms with Crippen molar-refractivity contribution in [3.8, 4) is 0 Å². The molecule has 0 saturated carbocycles. The van der Waals surface area contributed by atoms with Gasteiger partial charge in [0.2, 0.25) is 0 Å². The highest BCUT2D eigenvalue weighted by atomic mass is 16.5. The first-order valence-electron chi connectivity index (χ1n) is 6.86. The van der Waals surface area contributed by atoms with E-state index in [4.69, 9.17) is 9.47 Å². The van der Waals surface area contributed by atoms with Gasteiger partial charge in [0.15, 0.2) is 0 Å². The third kappa shape index (κ3) is 4.91. The summed E-state index contributed by atoms with van der Waals surface area (Å²) in [6.07, 6.45) is 0. The minimum atomic E-state index is -0.539. The Labute approximate surface area is 115 Å². The number of hydrogen-bond acceptors (Lipinski definition) is 4. The second kappa shape index (κ2) is 9.04. The zero-order chi connectivity index (χ0) is 14.0. The van der Waals surface area contributed by atoms with E-state index in [0.717, 1.165) is 12.1 Å². The number of benzene rings is 1. The highest BCUT2D eigenvalue weighted by Crippen LogP contribution is 2.21. The van der Waals surface area contributed by atoms with Crippen molar-refractivity contribution in [2.24, 2.45) is 0 Å². The molecule has 1 rings (SSSR count). The van der Waals surface area contributed by atoms with E-state index in [1.165, 1.54) is 0 Å². The first-order chi connectivity index (χ1) is 9.29. The van der Waals surface area contributed by atoms with E-state index in [9.17, 15) is 5.11 Å². The number of likely N-dealkylation sites (N-methyl/N-ethyl adjacent to an activating group) is 1. The van der Waals surface area contributed by atoms with E-state index in [1.807, 2.05) is 44.2 Å². The lowest BCUT2D eigenvalue weighted by molar-refractivity contribution is 0.00406. The van der Waals surface area contributed by atoms with Gasteiger partial charge in [0, 0.05) is 6.61 Å². The molecule has 0 amide bonds. The Bertz CT molecular complexity index is 331. The zero-order valence-electron chi connectivity index (χ0n) is 11.9. The molecule has 0 aliphatic carbocycles. The summed E-state index contributed by atoms with van der Waals surface area (Å²) in [6, 6.07) is 9.91. The summed E-state index contributed by atoms with van der Waals surface area (Å²) >= 11 is 0. The maximum Gasteiger partial charge on any atom is 0.0905 e. The molecular weight excluding hydrogens is 242 g/mol. The predicted molar refractivity (Wildman–Crippen MR) is 76.2 cm³/mol. The number of ether oxygens (including phenoxy) is 2. The van der Waals surface area contributed by atoms with Crippen molar-refractivity contribution in [3.63, 3.8) is 0 Å². The normalized spacial score (nSPS) is 14.3. The molecule has 1 aromatic rings. The maximum atomic E-state index is 9.79. The maximum absolute atomic E-state index is 9.79. The summed E-state index contributed by atoms with van der Waals surface area (Å²) in [5.41, 5.74) is 0.498. The Kier molecular flexibility index (Phi) is 7.67. The Morgan fingerprint density at radius 2 is 1.79 bits per heavy atom. The summed E-state index contributed by atoms with van der Waals surface area (Å²) in [5, 5.41) is 13.1. The van der Waals surface area contributed by atoms with Crippen LogP contribution >= 0.6 is 0 Å². The molecular formula is C15H25NO3. The first-order valence-corrected chi connectivity index (χ1v) is 6.86. The molecule has 0 heterocycles. The van der Waals surface area contributed by atoms with Gasteiger partial charge >= 0.3 is 0 Å². The van der Waals surface area contributed by atoms with Gasteiger partial charge in [-0.3, -0.25) is 0 Å². The fourth-order valence-electron chi connectivity index (χ4n) is 2.03. The smallest absolute Gasteiger partial charge is 0.0905 e. The van der Waals surface area contributed by atoms with Crippen molar-refractivity contribution in [1.29, 1.82) is 0 Å². The minimum absolute atomic E-state index is 0.000508.